The highest BCUT2D eigenvalue weighted by molar-refractivity contribution is 5.78. The van der Waals surface area contributed by atoms with Gasteiger partial charge in [0, 0.05) is 12.5 Å². The van der Waals surface area contributed by atoms with E-state index in [1.54, 1.807) is 0 Å². The van der Waals surface area contributed by atoms with E-state index in [0.29, 0.717) is 24.8 Å². The molecule has 4 N–H and O–H groups in total. The lowest BCUT2D eigenvalue weighted by Crippen LogP contribution is -2.39. The summed E-state index contributed by atoms with van der Waals surface area (Å²) >= 11 is 0. The van der Waals surface area contributed by atoms with Crippen LogP contribution in [0.1, 0.15) is 69.9 Å². The Morgan fingerprint density at radius 2 is 1.82 bits per heavy atom. The summed E-state index contributed by atoms with van der Waals surface area (Å²) in [7, 11) is 0. The Bertz CT molecular complexity index is 664. The van der Waals surface area contributed by atoms with Crippen molar-refractivity contribution < 1.29 is 14.3 Å². The van der Waals surface area contributed by atoms with Gasteiger partial charge in [-0.1, -0.05) is 31.4 Å². The fourth-order valence-electron chi connectivity index (χ4n) is 3.97. The largest absolute Gasteiger partial charge is 0.484 e. The molecule has 0 bridgehead atoms. The minimum absolute atomic E-state index is 0.0270. The van der Waals surface area contributed by atoms with Gasteiger partial charge >= 0.3 is 0 Å². The quantitative estimate of drug-likeness (QED) is 0.607. The minimum atomic E-state index is -0.0851. The first kappa shape index (κ1) is 20.6. The van der Waals surface area contributed by atoms with Crippen LogP contribution in [0.4, 0.5) is 0 Å². The summed E-state index contributed by atoms with van der Waals surface area (Å²) < 4.78 is 5.53. The smallest absolute Gasteiger partial charge is 0.258 e. The Kier molecular flexibility index (Phi) is 6.94. The van der Waals surface area contributed by atoms with Crippen LogP contribution in [0.15, 0.2) is 24.3 Å². The lowest BCUT2D eigenvalue weighted by Gasteiger charge is -2.36. The second kappa shape index (κ2) is 9.41. The van der Waals surface area contributed by atoms with Crippen LogP contribution in [-0.2, 0) is 9.59 Å². The van der Waals surface area contributed by atoms with E-state index in [4.69, 9.17) is 10.5 Å². The van der Waals surface area contributed by atoms with Crippen molar-refractivity contribution in [2.75, 3.05) is 13.2 Å². The number of rotatable bonds is 9. The van der Waals surface area contributed by atoms with Gasteiger partial charge in [-0.3, -0.25) is 9.59 Å². The molecule has 2 amide bonds. The van der Waals surface area contributed by atoms with Gasteiger partial charge in [0.2, 0.25) is 5.91 Å². The topological polar surface area (TPSA) is 93.5 Å². The Morgan fingerprint density at radius 1 is 1.14 bits per heavy atom. The first-order chi connectivity index (χ1) is 13.5. The molecule has 28 heavy (non-hydrogen) atoms. The molecule has 6 heteroatoms. The number of ether oxygens (including phenoxy) is 1. The molecule has 2 fully saturated rings. The fourth-order valence-corrected chi connectivity index (χ4v) is 3.97. The fraction of sp³-hybridized carbons (Fsp3) is 0.636. The predicted octanol–water partition coefficient (Wildman–Crippen LogP) is 2.82. The molecule has 154 valence electrons. The van der Waals surface area contributed by atoms with E-state index in [9.17, 15) is 9.59 Å². The van der Waals surface area contributed by atoms with Gasteiger partial charge < -0.3 is 21.1 Å². The first-order valence-electron chi connectivity index (χ1n) is 10.5. The second-order valence-electron chi connectivity index (χ2n) is 8.43. The van der Waals surface area contributed by atoms with Crippen LogP contribution in [-0.4, -0.2) is 31.0 Å². The van der Waals surface area contributed by atoms with E-state index >= 15 is 0 Å². The summed E-state index contributed by atoms with van der Waals surface area (Å²) in [6.45, 7) is 2.59. The van der Waals surface area contributed by atoms with Crippen LogP contribution in [0.3, 0.4) is 0 Å². The maximum atomic E-state index is 12.6. The Labute approximate surface area is 167 Å². The van der Waals surface area contributed by atoms with Gasteiger partial charge in [0.25, 0.3) is 5.91 Å². The lowest BCUT2D eigenvalue weighted by molar-refractivity contribution is -0.125. The van der Waals surface area contributed by atoms with Crippen LogP contribution < -0.4 is 21.1 Å². The molecule has 0 aromatic heterocycles. The summed E-state index contributed by atoms with van der Waals surface area (Å²) in [6, 6.07) is 7.79. The molecule has 1 aromatic rings. The van der Waals surface area contributed by atoms with Crippen molar-refractivity contribution in [3.05, 3.63) is 29.8 Å². The molecule has 1 unspecified atom stereocenters. The van der Waals surface area contributed by atoms with Crippen molar-refractivity contribution in [1.29, 1.82) is 0 Å². The summed E-state index contributed by atoms with van der Waals surface area (Å²) in [4.78, 5) is 24.2. The third-order valence-corrected chi connectivity index (χ3v) is 5.95. The molecule has 0 spiro atoms. The number of hydrogen-bond donors (Lipinski definition) is 3. The van der Waals surface area contributed by atoms with Gasteiger partial charge in [0.15, 0.2) is 6.61 Å². The number of nitrogens with one attached hydrogen (secondary N) is 2. The van der Waals surface area contributed by atoms with Crippen molar-refractivity contribution >= 4 is 11.8 Å². The van der Waals surface area contributed by atoms with Crippen molar-refractivity contribution in [1.82, 2.24) is 10.6 Å². The molecular weight excluding hydrogens is 354 g/mol. The van der Waals surface area contributed by atoms with Crippen LogP contribution in [0.2, 0.25) is 0 Å². The van der Waals surface area contributed by atoms with Crippen molar-refractivity contribution in [2.24, 2.45) is 11.1 Å². The number of benzene rings is 1. The average Bonchev–Trinajstić information content (AvgIpc) is 3.51. The zero-order valence-electron chi connectivity index (χ0n) is 16.8. The maximum absolute atomic E-state index is 12.6. The van der Waals surface area contributed by atoms with Crippen LogP contribution >= 0.6 is 0 Å². The molecule has 6 nitrogen and oxygen atoms in total. The number of nitrogens with two attached hydrogens (primary N) is 1. The van der Waals surface area contributed by atoms with Crippen LogP contribution in [0, 0.1) is 5.41 Å². The standard InChI is InChI=1S/C22H33N3O3/c1-16(24-20(26)13-22(15-23)11-3-2-4-12-22)17-5-9-19(10-6-17)28-14-21(27)25-18-7-8-18/h5-6,9-10,16,18H,2-4,7-8,11-15,23H2,1H3,(H,24,26)(H,25,27). The molecule has 1 aromatic carbocycles. The second-order valence-corrected chi connectivity index (χ2v) is 8.43. The Balaban J connectivity index is 1.46. The van der Waals surface area contributed by atoms with Gasteiger partial charge in [-0.15, -0.1) is 0 Å². The minimum Gasteiger partial charge on any atom is -0.484 e. The van der Waals surface area contributed by atoms with E-state index in [1.807, 2.05) is 31.2 Å². The Morgan fingerprint density at radius 3 is 2.43 bits per heavy atom. The molecule has 0 saturated heterocycles. The number of hydrogen-bond acceptors (Lipinski definition) is 4. The van der Waals surface area contributed by atoms with E-state index < -0.39 is 0 Å². The van der Waals surface area contributed by atoms with Crippen molar-refractivity contribution in [2.45, 2.75) is 70.4 Å². The summed E-state index contributed by atoms with van der Waals surface area (Å²) in [5, 5.41) is 6.00. The molecule has 0 aliphatic heterocycles. The molecule has 3 rings (SSSR count). The molecule has 2 saturated carbocycles. The predicted molar refractivity (Wildman–Crippen MR) is 109 cm³/mol. The maximum Gasteiger partial charge on any atom is 0.258 e. The van der Waals surface area contributed by atoms with E-state index in [-0.39, 0.29) is 29.9 Å². The van der Waals surface area contributed by atoms with Crippen molar-refractivity contribution in [3.8, 4) is 5.75 Å². The van der Waals surface area contributed by atoms with Gasteiger partial charge in [0.05, 0.1) is 6.04 Å². The summed E-state index contributed by atoms with van der Waals surface area (Å²) in [5.74, 6) is 0.637. The van der Waals surface area contributed by atoms with E-state index in [0.717, 1.165) is 31.2 Å². The SMILES string of the molecule is CC(NC(=O)CC1(CN)CCCCC1)c1ccc(OCC(=O)NC2CC2)cc1. The molecule has 0 radical (unpaired) electrons. The first-order valence-corrected chi connectivity index (χ1v) is 10.5. The van der Waals surface area contributed by atoms with Gasteiger partial charge in [-0.25, -0.2) is 0 Å². The Hall–Kier alpha value is -2.08. The number of carbonyl (C=O) groups is 2. The average molecular weight is 388 g/mol. The lowest BCUT2D eigenvalue weighted by atomic mass is 9.71. The van der Waals surface area contributed by atoms with Gasteiger partial charge in [0.1, 0.15) is 5.75 Å². The van der Waals surface area contributed by atoms with Crippen LogP contribution in [0.25, 0.3) is 0 Å². The zero-order chi connectivity index (χ0) is 20.0. The highest BCUT2D eigenvalue weighted by atomic mass is 16.5. The zero-order valence-corrected chi connectivity index (χ0v) is 16.8. The number of carbonyl (C=O) groups excluding carboxylic acids is 2. The normalized spacial score (nSPS) is 19.5. The summed E-state index contributed by atoms with van der Waals surface area (Å²) in [5.41, 5.74) is 6.98. The molecule has 2 aliphatic carbocycles. The van der Waals surface area contributed by atoms with E-state index in [2.05, 4.69) is 10.6 Å². The third-order valence-electron chi connectivity index (χ3n) is 5.95. The van der Waals surface area contributed by atoms with Gasteiger partial charge in [-0.2, -0.15) is 0 Å². The highest BCUT2D eigenvalue weighted by Crippen LogP contribution is 2.38. The summed E-state index contributed by atoms with van der Waals surface area (Å²) in [6.07, 6.45) is 8.31. The van der Waals surface area contributed by atoms with Gasteiger partial charge in [-0.05, 0) is 62.3 Å². The monoisotopic (exact) mass is 387 g/mol. The molecule has 1 atom stereocenters. The molecular formula is C22H33N3O3. The third kappa shape index (κ3) is 5.96. The number of amides is 2. The van der Waals surface area contributed by atoms with E-state index in [1.165, 1.54) is 19.3 Å². The highest BCUT2D eigenvalue weighted by Gasteiger charge is 2.33. The van der Waals surface area contributed by atoms with Crippen molar-refractivity contribution in [3.63, 3.8) is 0 Å². The molecule has 2 aliphatic rings. The molecule has 0 heterocycles. The van der Waals surface area contributed by atoms with Crippen LogP contribution in [0.5, 0.6) is 5.75 Å².